The van der Waals surface area contributed by atoms with E-state index in [2.05, 4.69) is 60.1 Å². The Bertz CT molecular complexity index is 698. The number of hydrogen-bond donors (Lipinski definition) is 1. The predicted octanol–water partition coefficient (Wildman–Crippen LogP) is 4.46. The fraction of sp³-hybridized carbons (Fsp3) is 0.235. The minimum absolute atomic E-state index is 0.856. The molecule has 1 N–H and O–H groups in total. The molecule has 3 heteroatoms. The maximum Gasteiger partial charge on any atom is 0.124 e. The predicted molar refractivity (Wildman–Crippen MR) is 87.1 cm³/mol. The highest BCUT2D eigenvalue weighted by Gasteiger charge is 2.07. The summed E-state index contributed by atoms with van der Waals surface area (Å²) in [4.78, 5) is 4.76. The molecule has 2 aromatic carbocycles. The number of rotatable bonds is 5. The average molecular weight is 282 g/mol. The van der Waals surface area contributed by atoms with Crippen molar-refractivity contribution in [2.24, 2.45) is 0 Å². The molecule has 0 atom stereocenters. The molecule has 0 aliphatic heterocycles. The summed E-state index contributed by atoms with van der Waals surface area (Å²) < 4.78 is 0. The first kappa shape index (κ1) is 13.3. The van der Waals surface area contributed by atoms with Crippen molar-refractivity contribution in [2.45, 2.75) is 19.9 Å². The van der Waals surface area contributed by atoms with Gasteiger partial charge in [-0.2, -0.15) is 0 Å². The second-order valence-corrected chi connectivity index (χ2v) is 5.71. The Balaban J connectivity index is 1.91. The first-order valence-corrected chi connectivity index (χ1v) is 7.89. The number of hydrogen-bond acceptors (Lipinski definition) is 3. The molecule has 0 aliphatic carbocycles. The highest BCUT2D eigenvalue weighted by atomic mass is 32.1. The fourth-order valence-electron chi connectivity index (χ4n) is 2.32. The van der Waals surface area contributed by atoms with Crippen LogP contribution in [-0.4, -0.2) is 11.5 Å². The second kappa shape index (κ2) is 6.16. The summed E-state index contributed by atoms with van der Waals surface area (Å²) in [5.74, 6) is 0. The van der Waals surface area contributed by atoms with Crippen molar-refractivity contribution in [1.82, 2.24) is 10.3 Å². The molecule has 0 radical (unpaired) electrons. The first-order chi connectivity index (χ1) is 9.88. The molecule has 1 aromatic heterocycles. The van der Waals surface area contributed by atoms with Crippen molar-refractivity contribution >= 4 is 22.1 Å². The topological polar surface area (TPSA) is 24.9 Å². The standard InChI is InChI=1S/C17H18N2S/c1-2-10-18-11-14-12-20-17(19-14)16-9-5-7-13-6-3-4-8-15(13)16/h3-9,12,18H,2,10-11H2,1H3. The van der Waals surface area contributed by atoms with Crippen LogP contribution in [0.15, 0.2) is 47.8 Å². The molecule has 0 fully saturated rings. The van der Waals surface area contributed by atoms with E-state index in [-0.39, 0.29) is 0 Å². The minimum Gasteiger partial charge on any atom is -0.311 e. The van der Waals surface area contributed by atoms with Crippen molar-refractivity contribution < 1.29 is 0 Å². The average Bonchev–Trinajstić information content (AvgIpc) is 2.96. The molecule has 0 saturated carbocycles. The minimum atomic E-state index is 0.856. The Morgan fingerprint density at radius 3 is 2.85 bits per heavy atom. The van der Waals surface area contributed by atoms with E-state index in [0.29, 0.717) is 0 Å². The molecule has 0 amide bonds. The molecule has 0 bridgehead atoms. The van der Waals surface area contributed by atoms with Gasteiger partial charge in [0.05, 0.1) is 5.69 Å². The molecule has 0 aliphatic rings. The molecule has 0 saturated heterocycles. The van der Waals surface area contributed by atoms with Crippen LogP contribution in [0.3, 0.4) is 0 Å². The Kier molecular flexibility index (Phi) is 4.09. The smallest absolute Gasteiger partial charge is 0.124 e. The van der Waals surface area contributed by atoms with E-state index < -0.39 is 0 Å². The van der Waals surface area contributed by atoms with Crippen LogP contribution in [0.2, 0.25) is 0 Å². The lowest BCUT2D eigenvalue weighted by Crippen LogP contribution is -2.13. The monoisotopic (exact) mass is 282 g/mol. The van der Waals surface area contributed by atoms with Gasteiger partial charge in [0, 0.05) is 17.5 Å². The third-order valence-electron chi connectivity index (χ3n) is 3.30. The summed E-state index contributed by atoms with van der Waals surface area (Å²) in [7, 11) is 0. The van der Waals surface area contributed by atoms with E-state index in [4.69, 9.17) is 4.98 Å². The first-order valence-electron chi connectivity index (χ1n) is 7.01. The van der Waals surface area contributed by atoms with Gasteiger partial charge in [0.25, 0.3) is 0 Å². The quantitative estimate of drug-likeness (QED) is 0.699. The van der Waals surface area contributed by atoms with Crippen LogP contribution in [0, 0.1) is 0 Å². The van der Waals surface area contributed by atoms with Crippen LogP contribution < -0.4 is 5.32 Å². The molecular formula is C17H18N2S. The molecule has 0 spiro atoms. The normalized spacial score (nSPS) is 11.1. The Hall–Kier alpha value is -1.71. The molecule has 3 aromatic rings. The summed E-state index contributed by atoms with van der Waals surface area (Å²) in [6.07, 6.45) is 1.15. The van der Waals surface area contributed by atoms with Crippen molar-refractivity contribution in [2.75, 3.05) is 6.54 Å². The van der Waals surface area contributed by atoms with Gasteiger partial charge in [-0.05, 0) is 23.7 Å². The molecular weight excluding hydrogens is 264 g/mol. The van der Waals surface area contributed by atoms with E-state index in [1.54, 1.807) is 11.3 Å². The maximum absolute atomic E-state index is 4.76. The van der Waals surface area contributed by atoms with E-state index in [9.17, 15) is 0 Å². The SMILES string of the molecule is CCCNCc1csc(-c2cccc3ccccc23)n1. The number of benzene rings is 2. The number of nitrogens with one attached hydrogen (secondary N) is 1. The number of fused-ring (bicyclic) bond motifs is 1. The van der Waals surface area contributed by atoms with Gasteiger partial charge in [-0.15, -0.1) is 11.3 Å². The highest BCUT2D eigenvalue weighted by Crippen LogP contribution is 2.30. The van der Waals surface area contributed by atoms with E-state index >= 15 is 0 Å². The van der Waals surface area contributed by atoms with Gasteiger partial charge >= 0.3 is 0 Å². The van der Waals surface area contributed by atoms with Crippen molar-refractivity contribution in [1.29, 1.82) is 0 Å². The van der Waals surface area contributed by atoms with Crippen LogP contribution in [-0.2, 0) is 6.54 Å². The summed E-state index contributed by atoms with van der Waals surface area (Å²) in [6, 6.07) is 14.9. The Morgan fingerprint density at radius 1 is 1.10 bits per heavy atom. The Morgan fingerprint density at radius 2 is 1.95 bits per heavy atom. The van der Waals surface area contributed by atoms with Gasteiger partial charge in [0.1, 0.15) is 5.01 Å². The van der Waals surface area contributed by atoms with Crippen molar-refractivity contribution in [3.05, 3.63) is 53.5 Å². The lowest BCUT2D eigenvalue weighted by Gasteiger charge is -2.03. The van der Waals surface area contributed by atoms with Gasteiger partial charge in [0.15, 0.2) is 0 Å². The van der Waals surface area contributed by atoms with Gasteiger partial charge < -0.3 is 5.32 Å². The third-order valence-corrected chi connectivity index (χ3v) is 4.23. The van der Waals surface area contributed by atoms with Gasteiger partial charge in [-0.1, -0.05) is 49.4 Å². The molecule has 20 heavy (non-hydrogen) atoms. The zero-order chi connectivity index (χ0) is 13.8. The zero-order valence-electron chi connectivity index (χ0n) is 11.6. The van der Waals surface area contributed by atoms with Crippen molar-refractivity contribution in [3.8, 4) is 10.6 Å². The second-order valence-electron chi connectivity index (χ2n) is 4.85. The van der Waals surface area contributed by atoms with E-state index in [1.165, 1.54) is 16.3 Å². The van der Waals surface area contributed by atoms with Crippen LogP contribution in [0.1, 0.15) is 19.0 Å². The third kappa shape index (κ3) is 2.74. The molecule has 1 heterocycles. The number of nitrogens with zero attached hydrogens (tertiary/aromatic N) is 1. The van der Waals surface area contributed by atoms with Crippen LogP contribution >= 0.6 is 11.3 Å². The largest absolute Gasteiger partial charge is 0.311 e. The Labute approximate surface area is 123 Å². The van der Waals surface area contributed by atoms with Gasteiger partial charge in [0.2, 0.25) is 0 Å². The fourth-order valence-corrected chi connectivity index (χ4v) is 3.18. The molecule has 102 valence electrons. The van der Waals surface area contributed by atoms with E-state index in [0.717, 1.165) is 30.2 Å². The number of aromatic nitrogens is 1. The van der Waals surface area contributed by atoms with Crippen LogP contribution in [0.5, 0.6) is 0 Å². The van der Waals surface area contributed by atoms with Gasteiger partial charge in [-0.3, -0.25) is 0 Å². The van der Waals surface area contributed by atoms with E-state index in [1.807, 2.05) is 0 Å². The van der Waals surface area contributed by atoms with Crippen molar-refractivity contribution in [3.63, 3.8) is 0 Å². The van der Waals surface area contributed by atoms with Crippen LogP contribution in [0.4, 0.5) is 0 Å². The molecule has 3 rings (SSSR count). The van der Waals surface area contributed by atoms with Crippen LogP contribution in [0.25, 0.3) is 21.3 Å². The lowest BCUT2D eigenvalue weighted by atomic mass is 10.1. The summed E-state index contributed by atoms with van der Waals surface area (Å²) >= 11 is 1.72. The summed E-state index contributed by atoms with van der Waals surface area (Å²) in [5.41, 5.74) is 2.36. The lowest BCUT2D eigenvalue weighted by molar-refractivity contribution is 0.667. The highest BCUT2D eigenvalue weighted by molar-refractivity contribution is 7.13. The summed E-state index contributed by atoms with van der Waals surface area (Å²) in [6.45, 7) is 4.08. The molecule has 2 nitrogen and oxygen atoms in total. The molecule has 0 unspecified atom stereocenters. The maximum atomic E-state index is 4.76. The summed E-state index contributed by atoms with van der Waals surface area (Å²) in [5, 5.41) is 9.20. The number of thiazole rings is 1. The van der Waals surface area contributed by atoms with Gasteiger partial charge in [-0.25, -0.2) is 4.98 Å². The zero-order valence-corrected chi connectivity index (χ0v) is 12.4.